The third kappa shape index (κ3) is 4.85. The van der Waals surface area contributed by atoms with Crippen LogP contribution in [0.4, 0.5) is 0 Å². The Labute approximate surface area is 139 Å². The van der Waals surface area contributed by atoms with Crippen molar-refractivity contribution in [3.05, 3.63) is 35.7 Å². The molecule has 1 aromatic carbocycles. The third-order valence-electron chi connectivity index (χ3n) is 3.15. The van der Waals surface area contributed by atoms with E-state index in [-0.39, 0.29) is 17.9 Å². The second kappa shape index (κ2) is 6.77. The molecule has 0 fully saturated rings. The van der Waals surface area contributed by atoms with Gasteiger partial charge in [0.05, 0.1) is 0 Å². The quantitative estimate of drug-likeness (QED) is 0.797. The van der Waals surface area contributed by atoms with E-state index in [1.54, 1.807) is 13.8 Å². The van der Waals surface area contributed by atoms with Crippen LogP contribution in [0.1, 0.15) is 26.7 Å². The van der Waals surface area contributed by atoms with Crippen LogP contribution in [-0.2, 0) is 14.8 Å². The lowest BCUT2D eigenvalue weighted by molar-refractivity contribution is -0.137. The molecule has 0 aliphatic heterocycles. The van der Waals surface area contributed by atoms with Gasteiger partial charge in [-0.15, -0.1) is 11.3 Å². The zero-order chi connectivity index (χ0) is 17.1. The average Bonchev–Trinajstić information content (AvgIpc) is 2.96. The van der Waals surface area contributed by atoms with Gasteiger partial charge >= 0.3 is 5.97 Å². The summed E-state index contributed by atoms with van der Waals surface area (Å²) in [4.78, 5) is 14.8. The van der Waals surface area contributed by atoms with Crippen molar-refractivity contribution in [2.24, 2.45) is 0 Å². The van der Waals surface area contributed by atoms with Gasteiger partial charge in [0, 0.05) is 22.9 Å². The van der Waals surface area contributed by atoms with Crippen LogP contribution >= 0.6 is 11.3 Å². The summed E-state index contributed by atoms with van der Waals surface area (Å²) < 4.78 is 27.4. The van der Waals surface area contributed by atoms with Crippen LogP contribution in [0.15, 0.2) is 40.7 Å². The molecular formula is C15H18N2O4S2. The Morgan fingerprint density at radius 1 is 1.30 bits per heavy atom. The maximum atomic E-state index is 12.4. The van der Waals surface area contributed by atoms with Crippen molar-refractivity contribution in [2.75, 3.05) is 0 Å². The first kappa shape index (κ1) is 17.6. The highest BCUT2D eigenvalue weighted by molar-refractivity contribution is 7.89. The van der Waals surface area contributed by atoms with Crippen molar-refractivity contribution in [3.63, 3.8) is 0 Å². The number of carbonyl (C=O) groups is 1. The summed E-state index contributed by atoms with van der Waals surface area (Å²) in [5.74, 6) is -0.961. The topological polar surface area (TPSA) is 96.4 Å². The van der Waals surface area contributed by atoms with E-state index < -0.39 is 21.5 Å². The molecule has 1 aromatic heterocycles. The first-order valence-electron chi connectivity index (χ1n) is 6.96. The van der Waals surface area contributed by atoms with Crippen LogP contribution in [-0.4, -0.2) is 30.0 Å². The van der Waals surface area contributed by atoms with Gasteiger partial charge in [0.2, 0.25) is 0 Å². The van der Waals surface area contributed by atoms with Gasteiger partial charge in [0.1, 0.15) is 5.01 Å². The van der Waals surface area contributed by atoms with Crippen molar-refractivity contribution in [2.45, 2.75) is 37.3 Å². The molecule has 2 N–H and O–H groups in total. The van der Waals surface area contributed by atoms with Crippen molar-refractivity contribution >= 4 is 27.3 Å². The number of aromatic nitrogens is 1. The molecular weight excluding hydrogens is 336 g/mol. The van der Waals surface area contributed by atoms with E-state index in [0.29, 0.717) is 5.01 Å². The van der Waals surface area contributed by atoms with Crippen LogP contribution < -0.4 is 4.72 Å². The second-order valence-electron chi connectivity index (χ2n) is 5.74. The first-order valence-corrected chi connectivity index (χ1v) is 9.33. The number of hydrogen-bond acceptors (Lipinski definition) is 5. The zero-order valence-corrected chi connectivity index (χ0v) is 14.4. The average molecular weight is 354 g/mol. The first-order chi connectivity index (χ1) is 10.7. The Bertz CT molecular complexity index is 783. The van der Waals surface area contributed by atoms with Crippen LogP contribution in [0.3, 0.4) is 0 Å². The lowest BCUT2D eigenvalue weighted by atomic mass is 10.0. The SMILES string of the molecule is CC(C)(CCC(=O)O)NS(=O)(=O)c1csc(-c2ccccc2)n1. The van der Waals surface area contributed by atoms with Crippen LogP contribution in [0.25, 0.3) is 10.6 Å². The molecule has 2 aromatic rings. The van der Waals surface area contributed by atoms with E-state index >= 15 is 0 Å². The molecule has 8 heteroatoms. The summed E-state index contributed by atoms with van der Waals surface area (Å²) >= 11 is 1.25. The fraction of sp³-hybridized carbons (Fsp3) is 0.333. The van der Waals surface area contributed by atoms with Gasteiger partial charge in [-0.2, -0.15) is 0 Å². The monoisotopic (exact) mass is 354 g/mol. The Hall–Kier alpha value is -1.77. The maximum Gasteiger partial charge on any atom is 0.303 e. The lowest BCUT2D eigenvalue weighted by Crippen LogP contribution is -2.43. The Morgan fingerprint density at radius 3 is 2.57 bits per heavy atom. The summed E-state index contributed by atoms with van der Waals surface area (Å²) in [5, 5.41) is 10.8. The number of nitrogens with one attached hydrogen (secondary N) is 1. The van der Waals surface area contributed by atoms with Crippen LogP contribution in [0.5, 0.6) is 0 Å². The van der Waals surface area contributed by atoms with Gasteiger partial charge < -0.3 is 5.11 Å². The van der Waals surface area contributed by atoms with Crippen LogP contribution in [0.2, 0.25) is 0 Å². The summed E-state index contributed by atoms with van der Waals surface area (Å²) in [7, 11) is -3.80. The van der Waals surface area contributed by atoms with E-state index in [0.717, 1.165) is 5.56 Å². The molecule has 0 aliphatic rings. The van der Waals surface area contributed by atoms with E-state index in [1.165, 1.54) is 16.7 Å². The molecule has 124 valence electrons. The number of sulfonamides is 1. The molecule has 0 saturated heterocycles. The fourth-order valence-electron chi connectivity index (χ4n) is 1.98. The van der Waals surface area contributed by atoms with Crippen LogP contribution in [0, 0.1) is 0 Å². The molecule has 23 heavy (non-hydrogen) atoms. The van der Waals surface area contributed by atoms with Crippen molar-refractivity contribution in [1.82, 2.24) is 9.71 Å². The van der Waals surface area contributed by atoms with Gasteiger partial charge in [-0.1, -0.05) is 30.3 Å². The number of hydrogen-bond donors (Lipinski definition) is 2. The van der Waals surface area contributed by atoms with Gasteiger partial charge in [-0.3, -0.25) is 4.79 Å². The number of carboxylic acids is 1. The maximum absolute atomic E-state index is 12.4. The molecule has 1 heterocycles. The lowest BCUT2D eigenvalue weighted by Gasteiger charge is -2.24. The Balaban J connectivity index is 2.17. The van der Waals surface area contributed by atoms with Crippen molar-refractivity contribution < 1.29 is 18.3 Å². The highest BCUT2D eigenvalue weighted by Crippen LogP contribution is 2.26. The minimum Gasteiger partial charge on any atom is -0.481 e. The number of thiazole rings is 1. The van der Waals surface area contributed by atoms with Crippen molar-refractivity contribution in [1.29, 1.82) is 0 Å². The number of benzene rings is 1. The summed E-state index contributed by atoms with van der Waals surface area (Å²) in [6.07, 6.45) is 0.0824. The smallest absolute Gasteiger partial charge is 0.303 e. The summed E-state index contributed by atoms with van der Waals surface area (Å²) in [6, 6.07) is 9.32. The predicted octanol–water partition coefficient (Wildman–Crippen LogP) is 2.73. The van der Waals surface area contributed by atoms with E-state index in [2.05, 4.69) is 9.71 Å². The minimum atomic E-state index is -3.80. The normalized spacial score (nSPS) is 12.3. The zero-order valence-electron chi connectivity index (χ0n) is 12.8. The standard InChI is InChI=1S/C15H18N2O4S2/c1-15(2,9-8-13(18)19)17-23(20,21)12-10-22-14(16-12)11-6-4-3-5-7-11/h3-7,10,17H,8-9H2,1-2H3,(H,18,19). The van der Waals surface area contributed by atoms with E-state index in [1.807, 2.05) is 30.3 Å². The fourth-order valence-corrected chi connectivity index (χ4v) is 4.53. The number of carboxylic acid groups (broad SMARTS) is 1. The molecule has 0 bridgehead atoms. The molecule has 0 unspecified atom stereocenters. The van der Waals surface area contributed by atoms with Gasteiger partial charge in [0.15, 0.2) is 5.03 Å². The third-order valence-corrected chi connectivity index (χ3v) is 5.78. The molecule has 0 saturated carbocycles. The number of nitrogens with zero attached hydrogens (tertiary/aromatic N) is 1. The van der Waals surface area contributed by atoms with Gasteiger partial charge in [-0.05, 0) is 20.3 Å². The number of rotatable bonds is 7. The Kier molecular flexibility index (Phi) is 5.18. The molecule has 0 amide bonds. The molecule has 0 atom stereocenters. The van der Waals surface area contributed by atoms with Gasteiger partial charge in [0.25, 0.3) is 10.0 Å². The second-order valence-corrected chi connectivity index (χ2v) is 8.23. The Morgan fingerprint density at radius 2 is 1.96 bits per heavy atom. The molecule has 6 nitrogen and oxygen atoms in total. The minimum absolute atomic E-state index is 0.0512. The molecule has 0 radical (unpaired) electrons. The van der Waals surface area contributed by atoms with Gasteiger partial charge in [-0.25, -0.2) is 18.1 Å². The summed E-state index contributed by atoms with van der Waals surface area (Å²) in [5.41, 5.74) is -0.0163. The molecule has 0 spiro atoms. The number of aliphatic carboxylic acids is 1. The van der Waals surface area contributed by atoms with Crippen molar-refractivity contribution in [3.8, 4) is 10.6 Å². The largest absolute Gasteiger partial charge is 0.481 e. The highest BCUT2D eigenvalue weighted by Gasteiger charge is 2.28. The summed E-state index contributed by atoms with van der Waals surface area (Å²) in [6.45, 7) is 3.30. The molecule has 2 rings (SSSR count). The van der Waals surface area contributed by atoms with E-state index in [9.17, 15) is 13.2 Å². The predicted molar refractivity (Wildman–Crippen MR) is 88.8 cm³/mol. The highest BCUT2D eigenvalue weighted by atomic mass is 32.2. The molecule has 0 aliphatic carbocycles. The van der Waals surface area contributed by atoms with E-state index in [4.69, 9.17) is 5.11 Å².